The summed E-state index contributed by atoms with van der Waals surface area (Å²) in [7, 11) is 0. The number of aromatic hydroxyl groups is 1. The zero-order chi connectivity index (χ0) is 14.7. The molecule has 0 aliphatic rings. The van der Waals surface area contributed by atoms with E-state index in [-0.39, 0.29) is 5.75 Å². The minimum atomic E-state index is 0.0886. The third-order valence-corrected chi connectivity index (χ3v) is 3.93. The van der Waals surface area contributed by atoms with Crippen molar-refractivity contribution >= 4 is 67.0 Å². The van der Waals surface area contributed by atoms with Crippen LogP contribution in [0.25, 0.3) is 0 Å². The Morgan fingerprint density at radius 3 is 2.50 bits per heavy atom. The highest BCUT2D eigenvalue weighted by Crippen LogP contribution is 2.31. The molecule has 2 rings (SSSR count). The van der Waals surface area contributed by atoms with Crippen LogP contribution < -0.4 is 5.43 Å². The molecule has 0 atom stereocenters. The largest absolute Gasteiger partial charge is 0.506 e. The van der Waals surface area contributed by atoms with Crippen LogP contribution in [0.5, 0.6) is 5.75 Å². The number of anilines is 1. The molecular weight excluding hydrogens is 433 g/mol. The number of hydrogen-bond acceptors (Lipinski definition) is 4. The Kier molecular flexibility index (Phi) is 5.26. The third kappa shape index (κ3) is 3.63. The number of nitrogens with one attached hydrogen (secondary N) is 1. The number of rotatable bonds is 3. The summed E-state index contributed by atoms with van der Waals surface area (Å²) in [6.07, 6.45) is 4.37. The average Bonchev–Trinajstić information content (AvgIpc) is 2.38. The zero-order valence-corrected chi connectivity index (χ0v) is 14.4. The molecule has 0 radical (unpaired) electrons. The van der Waals surface area contributed by atoms with Gasteiger partial charge in [0.1, 0.15) is 5.75 Å². The standard InChI is InChI=1S/C12H7Br2Cl2N3O/c13-7-1-6(12(20)8(14)2-7)3-18-19-11-9(15)4-17-5-10(11)16/h1-5,20H,(H,17,19)/b18-3+. The molecule has 0 bridgehead atoms. The second-order valence-electron chi connectivity index (χ2n) is 3.67. The fraction of sp³-hybridized carbons (Fsp3) is 0. The lowest BCUT2D eigenvalue weighted by molar-refractivity contribution is 0.471. The third-order valence-electron chi connectivity index (χ3n) is 2.29. The van der Waals surface area contributed by atoms with E-state index in [0.29, 0.717) is 25.8 Å². The predicted octanol–water partition coefficient (Wildman–Crippen LogP) is 5.07. The molecule has 1 aromatic carbocycles. The van der Waals surface area contributed by atoms with Gasteiger partial charge in [0, 0.05) is 22.4 Å². The molecule has 2 aromatic rings. The van der Waals surface area contributed by atoms with E-state index >= 15 is 0 Å². The van der Waals surface area contributed by atoms with Gasteiger partial charge in [-0.1, -0.05) is 39.1 Å². The first kappa shape index (κ1) is 15.6. The van der Waals surface area contributed by atoms with Crippen molar-refractivity contribution in [3.8, 4) is 5.75 Å². The summed E-state index contributed by atoms with van der Waals surface area (Å²) in [6, 6.07) is 3.46. The smallest absolute Gasteiger partial charge is 0.138 e. The highest BCUT2D eigenvalue weighted by molar-refractivity contribution is 9.11. The minimum Gasteiger partial charge on any atom is -0.506 e. The molecule has 1 heterocycles. The van der Waals surface area contributed by atoms with Crippen LogP contribution in [-0.2, 0) is 0 Å². The van der Waals surface area contributed by atoms with E-state index in [9.17, 15) is 5.11 Å². The van der Waals surface area contributed by atoms with Crippen molar-refractivity contribution in [1.82, 2.24) is 4.98 Å². The SMILES string of the molecule is Oc1c(Br)cc(Br)cc1/C=N/Nc1c(Cl)cncc1Cl. The van der Waals surface area contributed by atoms with Crippen LogP contribution in [0, 0.1) is 0 Å². The molecule has 20 heavy (non-hydrogen) atoms. The Labute approximate surface area is 142 Å². The van der Waals surface area contributed by atoms with Gasteiger partial charge in [-0.15, -0.1) is 0 Å². The summed E-state index contributed by atoms with van der Waals surface area (Å²) >= 11 is 18.5. The fourth-order valence-corrected chi connectivity index (χ4v) is 3.08. The van der Waals surface area contributed by atoms with Crippen molar-refractivity contribution in [2.24, 2.45) is 5.10 Å². The zero-order valence-electron chi connectivity index (χ0n) is 9.74. The number of pyridine rings is 1. The summed E-state index contributed by atoms with van der Waals surface area (Å²) in [5.74, 6) is 0.0886. The van der Waals surface area contributed by atoms with Crippen molar-refractivity contribution in [2.75, 3.05) is 5.43 Å². The molecule has 1 aromatic heterocycles. The number of benzene rings is 1. The first-order valence-electron chi connectivity index (χ1n) is 5.25. The first-order valence-corrected chi connectivity index (χ1v) is 7.59. The molecule has 0 spiro atoms. The van der Waals surface area contributed by atoms with E-state index < -0.39 is 0 Å². The van der Waals surface area contributed by atoms with Crippen molar-refractivity contribution in [3.05, 3.63) is 49.1 Å². The molecule has 0 aliphatic heterocycles. The molecule has 0 aliphatic carbocycles. The monoisotopic (exact) mass is 437 g/mol. The summed E-state index contributed by atoms with van der Waals surface area (Å²) in [4.78, 5) is 3.84. The predicted molar refractivity (Wildman–Crippen MR) is 89.0 cm³/mol. The van der Waals surface area contributed by atoms with Crippen LogP contribution >= 0.6 is 55.1 Å². The molecule has 8 heteroatoms. The average molecular weight is 440 g/mol. The van der Waals surface area contributed by atoms with E-state index in [1.165, 1.54) is 18.6 Å². The summed E-state index contributed by atoms with van der Waals surface area (Å²) in [6.45, 7) is 0. The highest BCUT2D eigenvalue weighted by Gasteiger charge is 2.06. The molecule has 104 valence electrons. The Hall–Kier alpha value is -0.820. The van der Waals surface area contributed by atoms with Gasteiger partial charge in [0.15, 0.2) is 0 Å². The molecular formula is C12H7Br2Cl2N3O. The quantitative estimate of drug-likeness (QED) is 0.519. The van der Waals surface area contributed by atoms with Crippen LogP contribution in [0.1, 0.15) is 5.56 Å². The molecule has 2 N–H and O–H groups in total. The maximum atomic E-state index is 9.88. The molecule has 0 fully saturated rings. The van der Waals surface area contributed by atoms with Crippen LogP contribution in [0.4, 0.5) is 5.69 Å². The van der Waals surface area contributed by atoms with E-state index in [1.54, 1.807) is 12.1 Å². The van der Waals surface area contributed by atoms with Crippen molar-refractivity contribution < 1.29 is 5.11 Å². The van der Waals surface area contributed by atoms with Gasteiger partial charge in [-0.25, -0.2) is 0 Å². The van der Waals surface area contributed by atoms with Gasteiger partial charge in [0.2, 0.25) is 0 Å². The summed E-state index contributed by atoms with van der Waals surface area (Å²) in [5.41, 5.74) is 3.70. The maximum Gasteiger partial charge on any atom is 0.138 e. The van der Waals surface area contributed by atoms with Crippen molar-refractivity contribution in [2.45, 2.75) is 0 Å². The van der Waals surface area contributed by atoms with Crippen molar-refractivity contribution in [3.63, 3.8) is 0 Å². The second kappa shape index (κ2) is 6.76. The number of aromatic nitrogens is 1. The van der Waals surface area contributed by atoms with Crippen LogP contribution in [0.3, 0.4) is 0 Å². The van der Waals surface area contributed by atoms with Gasteiger partial charge in [0.25, 0.3) is 0 Å². The van der Waals surface area contributed by atoms with Gasteiger partial charge in [-0.2, -0.15) is 5.10 Å². The van der Waals surface area contributed by atoms with Gasteiger partial charge < -0.3 is 5.11 Å². The van der Waals surface area contributed by atoms with Gasteiger partial charge >= 0.3 is 0 Å². The van der Waals surface area contributed by atoms with Crippen molar-refractivity contribution in [1.29, 1.82) is 0 Å². The lowest BCUT2D eigenvalue weighted by atomic mass is 10.2. The van der Waals surface area contributed by atoms with Crippen LogP contribution in [-0.4, -0.2) is 16.3 Å². The lowest BCUT2D eigenvalue weighted by Gasteiger charge is -2.05. The molecule has 4 nitrogen and oxygen atoms in total. The minimum absolute atomic E-state index is 0.0886. The lowest BCUT2D eigenvalue weighted by Crippen LogP contribution is -1.94. The maximum absolute atomic E-state index is 9.88. The van der Waals surface area contributed by atoms with Crippen LogP contribution in [0.2, 0.25) is 10.0 Å². The molecule has 0 unspecified atom stereocenters. The normalized spacial score (nSPS) is 11.0. The molecule has 0 saturated carbocycles. The topological polar surface area (TPSA) is 57.5 Å². The fourth-order valence-electron chi connectivity index (χ4n) is 1.37. The summed E-state index contributed by atoms with van der Waals surface area (Å²) in [5, 5.41) is 14.6. The molecule has 0 saturated heterocycles. The van der Waals surface area contributed by atoms with Crippen LogP contribution in [0.15, 0.2) is 38.6 Å². The Morgan fingerprint density at radius 1 is 1.20 bits per heavy atom. The highest BCUT2D eigenvalue weighted by atomic mass is 79.9. The number of nitrogens with zero attached hydrogens (tertiary/aromatic N) is 2. The second-order valence-corrected chi connectivity index (χ2v) is 6.26. The van der Waals surface area contributed by atoms with Gasteiger partial charge in [0.05, 0.1) is 26.4 Å². The van der Waals surface area contributed by atoms with E-state index in [4.69, 9.17) is 23.2 Å². The number of hydrogen-bond donors (Lipinski definition) is 2. The summed E-state index contributed by atoms with van der Waals surface area (Å²) < 4.78 is 1.37. The van der Waals surface area contributed by atoms with E-state index in [0.717, 1.165) is 4.47 Å². The van der Waals surface area contributed by atoms with Gasteiger partial charge in [-0.3, -0.25) is 10.4 Å². The number of phenolic OH excluding ortho intramolecular Hbond substituents is 1. The first-order chi connectivity index (χ1) is 9.49. The number of phenols is 1. The van der Waals surface area contributed by atoms with Gasteiger partial charge in [-0.05, 0) is 28.1 Å². The number of halogens is 4. The Bertz CT molecular complexity index is 660. The van der Waals surface area contributed by atoms with E-state index in [2.05, 4.69) is 47.4 Å². The molecule has 0 amide bonds. The Balaban J connectivity index is 2.23. The number of hydrazone groups is 1. The van der Waals surface area contributed by atoms with E-state index in [1.807, 2.05) is 0 Å². The Morgan fingerprint density at radius 2 is 1.85 bits per heavy atom.